The highest BCUT2D eigenvalue weighted by Gasteiger charge is 2.50. The third kappa shape index (κ3) is 3.94. The maximum Gasteiger partial charge on any atom is 0.188 e. The van der Waals surface area contributed by atoms with Crippen molar-refractivity contribution in [2.24, 2.45) is 0 Å². The Morgan fingerprint density at radius 2 is 1.28 bits per heavy atom. The summed E-state index contributed by atoms with van der Waals surface area (Å²) in [4.78, 5) is 4.75. The molecule has 4 heteroatoms. The number of para-hydroxylation sites is 2. The van der Waals surface area contributed by atoms with Crippen LogP contribution in [0, 0.1) is 0 Å². The summed E-state index contributed by atoms with van der Waals surface area (Å²) < 4.78 is 13.7. The second-order valence-corrected chi connectivity index (χ2v) is 17.6. The summed E-state index contributed by atoms with van der Waals surface area (Å²) in [5.41, 5.74) is 8.51. The van der Waals surface area contributed by atoms with Crippen molar-refractivity contribution < 1.29 is 9.15 Å². The Hall–Kier alpha value is -5.97. The summed E-state index contributed by atoms with van der Waals surface area (Å²) in [6.07, 6.45) is 1.85. The highest BCUT2D eigenvalue weighted by atomic mass is 28.3. The Morgan fingerprint density at radius 1 is 0.580 bits per heavy atom. The number of benzene rings is 6. The van der Waals surface area contributed by atoms with Gasteiger partial charge in [0.1, 0.15) is 22.8 Å². The van der Waals surface area contributed by atoms with E-state index in [2.05, 4.69) is 147 Å². The smallest absolute Gasteiger partial charge is 0.188 e. The van der Waals surface area contributed by atoms with E-state index in [1.54, 1.807) is 0 Å². The number of rotatable bonds is 4. The normalized spacial score (nSPS) is 14.7. The molecule has 0 radical (unpaired) electrons. The Bertz CT molecular complexity index is 2550. The molecule has 3 heterocycles. The standard InChI is InChI=1S/C46H33NO2Si/c1-46(2)35-26-27-41-45(49-39-22-11-12-23-40(39)50(41,31-15-5-3-6-16-31)32-17-7-4-8-18-32)42(35)33-25-24-30(29-36(33)46)44-43(37-20-13-14-28-47-37)34-19-9-10-21-38(34)48-44/h3-29H,1-2H3. The van der Waals surface area contributed by atoms with Crippen molar-refractivity contribution in [2.45, 2.75) is 19.3 Å². The van der Waals surface area contributed by atoms with E-state index in [0.717, 1.165) is 45.0 Å². The van der Waals surface area contributed by atoms with E-state index in [0.29, 0.717) is 0 Å². The first-order chi connectivity index (χ1) is 24.6. The van der Waals surface area contributed by atoms with Gasteiger partial charge in [-0.05, 0) is 67.8 Å². The van der Waals surface area contributed by atoms with Crippen LogP contribution >= 0.6 is 0 Å². The van der Waals surface area contributed by atoms with Gasteiger partial charge in [0.2, 0.25) is 0 Å². The zero-order valence-electron chi connectivity index (χ0n) is 27.9. The van der Waals surface area contributed by atoms with Crippen LogP contribution in [0.4, 0.5) is 0 Å². The lowest BCUT2D eigenvalue weighted by Crippen LogP contribution is -2.76. The molecule has 8 aromatic rings. The number of fused-ring (bicyclic) bond motifs is 7. The highest BCUT2D eigenvalue weighted by molar-refractivity contribution is 7.20. The van der Waals surface area contributed by atoms with Crippen LogP contribution in [0.5, 0.6) is 11.5 Å². The molecule has 50 heavy (non-hydrogen) atoms. The molecule has 0 saturated carbocycles. The van der Waals surface area contributed by atoms with E-state index in [4.69, 9.17) is 14.1 Å². The Labute approximate surface area is 292 Å². The van der Waals surface area contributed by atoms with Crippen LogP contribution in [0.1, 0.15) is 25.0 Å². The van der Waals surface area contributed by atoms with Crippen LogP contribution in [0.15, 0.2) is 168 Å². The third-order valence-corrected chi connectivity index (χ3v) is 15.7. The summed E-state index contributed by atoms with van der Waals surface area (Å²) in [5, 5.41) is 6.33. The summed E-state index contributed by atoms with van der Waals surface area (Å²) in [5.74, 6) is 2.77. The lowest BCUT2D eigenvalue weighted by Gasteiger charge is -2.40. The molecule has 0 fully saturated rings. The van der Waals surface area contributed by atoms with Gasteiger partial charge in [0, 0.05) is 28.1 Å². The van der Waals surface area contributed by atoms with Crippen molar-refractivity contribution in [1.29, 1.82) is 0 Å². The van der Waals surface area contributed by atoms with Crippen molar-refractivity contribution >= 4 is 39.8 Å². The van der Waals surface area contributed by atoms with Crippen molar-refractivity contribution in [3.8, 4) is 45.2 Å². The van der Waals surface area contributed by atoms with Crippen LogP contribution in [0.3, 0.4) is 0 Å². The molecule has 0 bridgehead atoms. The fraction of sp³-hybridized carbons (Fsp3) is 0.0652. The second-order valence-electron chi connectivity index (χ2n) is 13.8. The van der Waals surface area contributed by atoms with E-state index < -0.39 is 8.07 Å². The second kappa shape index (κ2) is 10.8. The van der Waals surface area contributed by atoms with E-state index in [1.165, 1.54) is 43.0 Å². The molecule has 0 N–H and O–H groups in total. The first-order valence-corrected chi connectivity index (χ1v) is 19.2. The summed E-state index contributed by atoms with van der Waals surface area (Å²) >= 11 is 0. The molecule has 0 unspecified atom stereocenters. The van der Waals surface area contributed by atoms with Crippen molar-refractivity contribution in [2.75, 3.05) is 0 Å². The highest BCUT2D eigenvalue weighted by Crippen LogP contribution is 2.54. The predicted molar refractivity (Wildman–Crippen MR) is 206 cm³/mol. The van der Waals surface area contributed by atoms with Gasteiger partial charge >= 0.3 is 0 Å². The predicted octanol–water partition coefficient (Wildman–Crippen LogP) is 8.95. The van der Waals surface area contributed by atoms with Crippen LogP contribution in [-0.2, 0) is 5.41 Å². The van der Waals surface area contributed by atoms with E-state index in [1.807, 2.05) is 30.5 Å². The largest absolute Gasteiger partial charge is 0.457 e. The third-order valence-electron chi connectivity index (χ3n) is 10.9. The number of nitrogens with zero attached hydrogens (tertiary/aromatic N) is 1. The minimum absolute atomic E-state index is 0.267. The summed E-state index contributed by atoms with van der Waals surface area (Å²) in [6.45, 7) is 4.67. The molecule has 1 aliphatic carbocycles. The first kappa shape index (κ1) is 29.0. The maximum absolute atomic E-state index is 7.11. The number of pyridine rings is 1. The van der Waals surface area contributed by atoms with Crippen LogP contribution in [0.25, 0.3) is 44.7 Å². The average molecular weight is 660 g/mol. The van der Waals surface area contributed by atoms with Crippen LogP contribution < -0.4 is 25.5 Å². The molecule has 10 rings (SSSR count). The van der Waals surface area contributed by atoms with Crippen molar-refractivity contribution in [1.82, 2.24) is 4.98 Å². The Kier molecular flexibility index (Phi) is 6.24. The molecular formula is C46H33NO2Si. The molecule has 0 saturated heterocycles. The van der Waals surface area contributed by atoms with Gasteiger partial charge in [0.25, 0.3) is 0 Å². The molecule has 0 amide bonds. The van der Waals surface area contributed by atoms with Crippen molar-refractivity contribution in [3.63, 3.8) is 0 Å². The van der Waals surface area contributed by atoms with Gasteiger partial charge in [-0.15, -0.1) is 0 Å². The summed E-state index contributed by atoms with van der Waals surface area (Å²) in [7, 11) is -2.76. The van der Waals surface area contributed by atoms with Gasteiger partial charge in [-0.25, -0.2) is 0 Å². The molecule has 0 spiro atoms. The average Bonchev–Trinajstić information content (AvgIpc) is 3.67. The van der Waals surface area contributed by atoms with E-state index in [9.17, 15) is 0 Å². The molecule has 2 aliphatic rings. The number of ether oxygens (including phenoxy) is 1. The fourth-order valence-electron chi connectivity index (χ4n) is 8.64. The number of furan rings is 1. The number of hydrogen-bond acceptors (Lipinski definition) is 3. The lowest BCUT2D eigenvalue weighted by molar-refractivity contribution is 0.488. The van der Waals surface area contributed by atoms with Crippen molar-refractivity contribution in [3.05, 3.63) is 175 Å². The number of aromatic nitrogens is 1. The SMILES string of the molecule is CC1(C)c2cc(-c3oc4ccccc4c3-c3ccccn3)ccc2-c2c1ccc1c2Oc2ccccc2[Si]1(c1ccccc1)c1ccccc1. The quantitative estimate of drug-likeness (QED) is 0.177. The van der Waals surface area contributed by atoms with Gasteiger partial charge < -0.3 is 9.15 Å². The molecule has 0 atom stereocenters. The molecular weight excluding hydrogens is 627 g/mol. The Morgan fingerprint density at radius 3 is 2.04 bits per heavy atom. The van der Waals surface area contributed by atoms with Gasteiger partial charge in [-0.3, -0.25) is 4.98 Å². The van der Waals surface area contributed by atoms with Gasteiger partial charge in [-0.1, -0.05) is 141 Å². The molecule has 2 aromatic heterocycles. The first-order valence-electron chi connectivity index (χ1n) is 17.2. The minimum atomic E-state index is -2.76. The van der Waals surface area contributed by atoms with E-state index in [-0.39, 0.29) is 5.41 Å². The molecule has 6 aromatic carbocycles. The maximum atomic E-state index is 7.11. The summed E-state index contributed by atoms with van der Waals surface area (Å²) in [6, 6.07) is 56.8. The fourth-order valence-corrected chi connectivity index (χ4v) is 13.6. The number of hydrogen-bond donors (Lipinski definition) is 0. The minimum Gasteiger partial charge on any atom is -0.457 e. The van der Waals surface area contributed by atoms with Gasteiger partial charge in [-0.2, -0.15) is 0 Å². The van der Waals surface area contributed by atoms with Crippen LogP contribution in [-0.4, -0.2) is 13.1 Å². The van der Waals surface area contributed by atoms with Crippen LogP contribution in [0.2, 0.25) is 0 Å². The van der Waals surface area contributed by atoms with Gasteiger partial charge in [0.15, 0.2) is 8.07 Å². The van der Waals surface area contributed by atoms with E-state index >= 15 is 0 Å². The lowest BCUT2D eigenvalue weighted by atomic mass is 9.81. The molecule has 238 valence electrons. The monoisotopic (exact) mass is 659 g/mol. The zero-order valence-corrected chi connectivity index (χ0v) is 28.9. The van der Waals surface area contributed by atoms with Gasteiger partial charge in [0.05, 0.1) is 11.3 Å². The zero-order chi connectivity index (χ0) is 33.5. The molecule has 3 nitrogen and oxygen atoms in total. The molecule has 1 aliphatic heterocycles. The Balaban J connectivity index is 1.23. The topological polar surface area (TPSA) is 35.3 Å².